The second kappa shape index (κ2) is 12.3. The highest BCUT2D eigenvalue weighted by Crippen LogP contribution is 2.45. The molecule has 6 aromatic carbocycles. The minimum atomic E-state index is 0.0988. The Morgan fingerprint density at radius 2 is 1.00 bits per heavy atom. The number of hydrogen-bond acceptors (Lipinski definition) is 0. The molecule has 0 nitrogen and oxygen atoms in total. The van der Waals surface area contributed by atoms with E-state index in [0.29, 0.717) is 0 Å². The first-order valence-electron chi connectivity index (χ1n) is 18.7. The van der Waals surface area contributed by atoms with Gasteiger partial charge in [0.2, 0.25) is 6.71 Å². The molecule has 9 rings (SSSR count). The molecule has 2 unspecified atom stereocenters. The van der Waals surface area contributed by atoms with Crippen molar-refractivity contribution in [1.82, 2.24) is 0 Å². The molecule has 0 amide bonds. The van der Waals surface area contributed by atoms with Crippen LogP contribution in [0.15, 0.2) is 133 Å². The molecule has 0 radical (unpaired) electrons. The maximum atomic E-state index is 2.59. The van der Waals surface area contributed by atoms with Crippen LogP contribution in [-0.4, -0.2) is 6.71 Å². The van der Waals surface area contributed by atoms with E-state index >= 15 is 0 Å². The molecule has 0 fully saturated rings. The lowest BCUT2D eigenvalue weighted by molar-refractivity contribution is 0.940. The van der Waals surface area contributed by atoms with Crippen molar-refractivity contribution in [3.63, 3.8) is 0 Å². The summed E-state index contributed by atoms with van der Waals surface area (Å²) in [5.41, 5.74) is 26.3. The fourth-order valence-electron chi connectivity index (χ4n) is 9.32. The Kier molecular flexibility index (Phi) is 7.66. The second-order valence-electron chi connectivity index (χ2n) is 15.7. The van der Waals surface area contributed by atoms with E-state index in [4.69, 9.17) is 0 Å². The van der Waals surface area contributed by atoms with Gasteiger partial charge in [-0.2, -0.15) is 0 Å². The van der Waals surface area contributed by atoms with E-state index in [0.717, 1.165) is 12.8 Å². The minimum absolute atomic E-state index is 0.0988. The molecule has 0 spiro atoms. The number of aryl methyl sites for hydroxylation is 5. The van der Waals surface area contributed by atoms with Crippen molar-refractivity contribution in [3.8, 4) is 11.1 Å². The van der Waals surface area contributed by atoms with Gasteiger partial charge in [-0.05, 0) is 110 Å². The van der Waals surface area contributed by atoms with Crippen molar-refractivity contribution in [1.29, 1.82) is 0 Å². The fourth-order valence-corrected chi connectivity index (χ4v) is 9.32. The maximum Gasteiger partial charge on any atom is 0.242 e. The Morgan fingerprint density at radius 3 is 1.63 bits per heavy atom. The zero-order valence-corrected chi connectivity index (χ0v) is 30.8. The molecule has 2 heterocycles. The van der Waals surface area contributed by atoms with Gasteiger partial charge in [0.15, 0.2) is 0 Å². The van der Waals surface area contributed by atoms with Crippen LogP contribution >= 0.6 is 0 Å². The third-order valence-electron chi connectivity index (χ3n) is 11.8. The topological polar surface area (TPSA) is 0 Å². The lowest BCUT2D eigenvalue weighted by atomic mass is 9.28. The Balaban J connectivity index is 1.41. The quantitative estimate of drug-likeness (QED) is 0.165. The van der Waals surface area contributed by atoms with Gasteiger partial charge in [-0.15, -0.1) is 0 Å². The molecule has 0 bridgehead atoms. The molecule has 0 aromatic heterocycles. The van der Waals surface area contributed by atoms with Gasteiger partial charge in [0.05, 0.1) is 0 Å². The van der Waals surface area contributed by atoms with Crippen LogP contribution in [0.25, 0.3) is 16.7 Å². The molecule has 6 aromatic rings. The molecule has 0 saturated heterocycles. The van der Waals surface area contributed by atoms with Crippen molar-refractivity contribution in [2.45, 2.75) is 66.2 Å². The largest absolute Gasteiger partial charge is 0.242 e. The fraction of sp³-hybridized carbons (Fsp3) is 0.200. The molecule has 1 aliphatic carbocycles. The minimum Gasteiger partial charge on any atom is -0.0763 e. The van der Waals surface area contributed by atoms with Crippen LogP contribution in [0.3, 0.4) is 0 Å². The zero-order valence-electron chi connectivity index (χ0n) is 30.8. The predicted octanol–water partition coefficient (Wildman–Crippen LogP) is 10.5. The average Bonchev–Trinajstić information content (AvgIpc) is 3.12. The van der Waals surface area contributed by atoms with Crippen LogP contribution in [0.1, 0.15) is 98.4 Å². The highest BCUT2D eigenvalue weighted by Gasteiger charge is 2.45. The lowest BCUT2D eigenvalue weighted by Gasteiger charge is -2.42. The summed E-state index contributed by atoms with van der Waals surface area (Å²) in [5.74, 6) is 0.253. The Bertz CT molecular complexity index is 2420. The van der Waals surface area contributed by atoms with Crippen molar-refractivity contribution in [2.75, 3.05) is 0 Å². The number of benzene rings is 6. The van der Waals surface area contributed by atoms with E-state index in [1.165, 1.54) is 105 Å². The molecule has 2 aliphatic heterocycles. The highest BCUT2D eigenvalue weighted by molar-refractivity contribution is 6.97. The van der Waals surface area contributed by atoms with Crippen molar-refractivity contribution in [2.24, 2.45) is 0 Å². The van der Waals surface area contributed by atoms with E-state index in [1.807, 2.05) is 0 Å². The Labute approximate surface area is 304 Å². The summed E-state index contributed by atoms with van der Waals surface area (Å²) in [6.07, 6.45) is 7.14. The average molecular weight is 657 g/mol. The van der Waals surface area contributed by atoms with E-state index in [1.54, 1.807) is 0 Å². The number of allylic oxidation sites excluding steroid dienone is 4. The summed E-state index contributed by atoms with van der Waals surface area (Å²) in [4.78, 5) is 0. The molecule has 248 valence electrons. The van der Waals surface area contributed by atoms with E-state index in [2.05, 4.69) is 169 Å². The third-order valence-corrected chi connectivity index (χ3v) is 11.8. The molecule has 2 atom stereocenters. The van der Waals surface area contributed by atoms with Gasteiger partial charge in [0.1, 0.15) is 0 Å². The van der Waals surface area contributed by atoms with Gasteiger partial charge >= 0.3 is 0 Å². The van der Waals surface area contributed by atoms with Crippen LogP contribution in [0.4, 0.5) is 0 Å². The first kappa shape index (κ1) is 31.8. The molecule has 0 saturated carbocycles. The highest BCUT2D eigenvalue weighted by atomic mass is 14.4. The standard InChI is InChI=1S/C50H45B/c1-30-10-17-36(18-11-30)43-25-33(4)14-21-40(43)49-42-23-16-35(6)27-47(42)51-46-26-34(5)15-22-41(46)48(37-19-12-31(2)13-20-37)44-28-39(29-45(49)50(44)51)38-9-7-8-32(3)24-38/h9-29,48-49H,7-8H2,1-6H3. The van der Waals surface area contributed by atoms with Gasteiger partial charge in [0.25, 0.3) is 0 Å². The predicted molar refractivity (Wildman–Crippen MR) is 219 cm³/mol. The summed E-state index contributed by atoms with van der Waals surface area (Å²) in [7, 11) is 0. The molecule has 3 aliphatic rings. The zero-order chi connectivity index (χ0) is 35.0. The maximum absolute atomic E-state index is 2.59. The van der Waals surface area contributed by atoms with Crippen LogP contribution in [-0.2, 0) is 0 Å². The summed E-state index contributed by atoms with van der Waals surface area (Å²) in [5, 5.41) is 0. The first-order valence-corrected chi connectivity index (χ1v) is 18.7. The van der Waals surface area contributed by atoms with Gasteiger partial charge in [-0.3, -0.25) is 0 Å². The first-order chi connectivity index (χ1) is 24.7. The van der Waals surface area contributed by atoms with Gasteiger partial charge in [0, 0.05) is 11.8 Å². The monoisotopic (exact) mass is 656 g/mol. The molecule has 0 N–H and O–H groups in total. The van der Waals surface area contributed by atoms with Crippen LogP contribution in [0, 0.1) is 34.6 Å². The number of rotatable bonds is 4. The molecule has 1 heteroatoms. The summed E-state index contributed by atoms with van der Waals surface area (Å²) in [6, 6.07) is 45.4. The summed E-state index contributed by atoms with van der Waals surface area (Å²) in [6.45, 7) is 13.6. The van der Waals surface area contributed by atoms with E-state index in [9.17, 15) is 0 Å². The third kappa shape index (κ3) is 5.37. The SMILES string of the molecule is CC1=CC(c2cc3c4c(c2)C(c2ccc(C)cc2-c2ccc(C)cc2)c2ccc(C)cc2B4c2cc(C)ccc2C3c2ccc(C)cc2)=CCC1. The van der Waals surface area contributed by atoms with Gasteiger partial charge in [-0.25, -0.2) is 0 Å². The van der Waals surface area contributed by atoms with Crippen LogP contribution < -0.4 is 16.4 Å². The van der Waals surface area contributed by atoms with Crippen LogP contribution in [0.5, 0.6) is 0 Å². The molecular formula is C50H45B. The number of hydrogen-bond donors (Lipinski definition) is 0. The second-order valence-corrected chi connectivity index (χ2v) is 15.7. The van der Waals surface area contributed by atoms with Crippen molar-refractivity contribution < 1.29 is 0 Å². The van der Waals surface area contributed by atoms with Crippen molar-refractivity contribution in [3.05, 3.63) is 200 Å². The molecular weight excluding hydrogens is 611 g/mol. The molecule has 51 heavy (non-hydrogen) atoms. The van der Waals surface area contributed by atoms with Gasteiger partial charge in [-0.1, -0.05) is 177 Å². The van der Waals surface area contributed by atoms with Crippen LogP contribution in [0.2, 0.25) is 0 Å². The summed E-state index contributed by atoms with van der Waals surface area (Å²) < 4.78 is 0. The van der Waals surface area contributed by atoms with E-state index in [-0.39, 0.29) is 18.5 Å². The number of fused-ring (bicyclic) bond motifs is 4. The normalized spacial score (nSPS) is 17.3. The van der Waals surface area contributed by atoms with E-state index < -0.39 is 0 Å². The summed E-state index contributed by atoms with van der Waals surface area (Å²) >= 11 is 0. The lowest BCUT2D eigenvalue weighted by Crippen LogP contribution is -2.62. The van der Waals surface area contributed by atoms with Crippen molar-refractivity contribution >= 4 is 28.7 Å². The van der Waals surface area contributed by atoms with Gasteiger partial charge < -0.3 is 0 Å². The smallest absolute Gasteiger partial charge is 0.0763 e. The Hall–Kier alpha value is -5.14. The Morgan fingerprint density at radius 1 is 0.471 bits per heavy atom.